The number of ether oxygens (including phenoxy) is 3. The molecule has 0 aliphatic heterocycles. The van der Waals surface area contributed by atoms with Gasteiger partial charge in [-0.15, -0.1) is 17.9 Å². The molecular formula is C25H29N3O3S. The Morgan fingerprint density at radius 2 is 1.72 bits per heavy atom. The lowest BCUT2D eigenvalue weighted by Gasteiger charge is -2.14. The van der Waals surface area contributed by atoms with Crippen LogP contribution in [0.4, 0.5) is 0 Å². The summed E-state index contributed by atoms with van der Waals surface area (Å²) in [5.41, 5.74) is 6.20. The van der Waals surface area contributed by atoms with E-state index < -0.39 is 0 Å². The van der Waals surface area contributed by atoms with E-state index in [0.29, 0.717) is 23.8 Å². The largest absolute Gasteiger partial charge is 0.493 e. The maximum Gasteiger partial charge on any atom is 0.206 e. The summed E-state index contributed by atoms with van der Waals surface area (Å²) in [7, 11) is 4.81. The van der Waals surface area contributed by atoms with Gasteiger partial charge in [0.1, 0.15) is 0 Å². The first kappa shape index (κ1) is 23.3. The standard InChI is InChI=1S/C25H29N3O3S/c1-8-11-26-25-28(27-18(4)19-10-9-16(2)17(3)12-19)21(15-32-25)20-13-22(29-5)24(31-7)23(14-20)30-6/h8-10,12-15H,1,11H2,2-7H3. The van der Waals surface area contributed by atoms with Crippen molar-refractivity contribution in [2.75, 3.05) is 27.9 Å². The lowest BCUT2D eigenvalue weighted by molar-refractivity contribution is 0.324. The van der Waals surface area contributed by atoms with E-state index in [-0.39, 0.29) is 0 Å². The van der Waals surface area contributed by atoms with Crippen molar-refractivity contribution in [1.29, 1.82) is 0 Å². The van der Waals surface area contributed by atoms with Gasteiger partial charge in [0.05, 0.1) is 39.3 Å². The van der Waals surface area contributed by atoms with E-state index in [2.05, 4.69) is 43.6 Å². The van der Waals surface area contributed by atoms with E-state index in [9.17, 15) is 0 Å². The summed E-state index contributed by atoms with van der Waals surface area (Å²) in [6, 6.07) is 10.2. The molecule has 0 atom stereocenters. The highest BCUT2D eigenvalue weighted by Gasteiger charge is 2.17. The van der Waals surface area contributed by atoms with Crippen molar-refractivity contribution in [1.82, 2.24) is 4.68 Å². The zero-order valence-corrected chi connectivity index (χ0v) is 20.2. The van der Waals surface area contributed by atoms with Crippen molar-refractivity contribution in [3.05, 3.63) is 69.9 Å². The zero-order chi connectivity index (χ0) is 23.3. The number of hydrogen-bond donors (Lipinski definition) is 0. The Labute approximate surface area is 193 Å². The van der Waals surface area contributed by atoms with Gasteiger partial charge in [-0.05, 0) is 55.7 Å². The van der Waals surface area contributed by atoms with Gasteiger partial charge in [0.15, 0.2) is 11.5 Å². The molecule has 32 heavy (non-hydrogen) atoms. The Morgan fingerprint density at radius 3 is 2.28 bits per heavy atom. The third kappa shape index (κ3) is 4.78. The van der Waals surface area contributed by atoms with E-state index in [1.807, 2.05) is 29.1 Å². The fourth-order valence-electron chi connectivity index (χ4n) is 3.25. The number of aromatic nitrogens is 1. The Morgan fingerprint density at radius 1 is 1.03 bits per heavy atom. The summed E-state index contributed by atoms with van der Waals surface area (Å²) in [4.78, 5) is 5.41. The smallest absolute Gasteiger partial charge is 0.206 e. The van der Waals surface area contributed by atoms with E-state index >= 15 is 0 Å². The molecule has 3 rings (SSSR count). The van der Waals surface area contributed by atoms with E-state index in [1.54, 1.807) is 27.4 Å². The third-order valence-corrected chi connectivity index (χ3v) is 6.03. The first-order chi connectivity index (χ1) is 15.4. The predicted octanol–water partition coefficient (Wildman–Crippen LogP) is 5.22. The molecule has 0 spiro atoms. The molecule has 0 aliphatic carbocycles. The maximum absolute atomic E-state index is 5.54. The highest BCUT2D eigenvalue weighted by molar-refractivity contribution is 7.07. The first-order valence-corrected chi connectivity index (χ1v) is 11.1. The molecule has 0 bridgehead atoms. The number of hydrogen-bond acceptors (Lipinski definition) is 6. The monoisotopic (exact) mass is 451 g/mol. The predicted molar refractivity (Wildman–Crippen MR) is 132 cm³/mol. The van der Waals surface area contributed by atoms with Crippen molar-refractivity contribution in [2.24, 2.45) is 10.1 Å². The van der Waals surface area contributed by atoms with Crippen LogP contribution in [0.3, 0.4) is 0 Å². The van der Waals surface area contributed by atoms with Gasteiger partial charge in [-0.3, -0.25) is 4.99 Å². The molecule has 0 amide bonds. The second-order valence-electron chi connectivity index (χ2n) is 7.24. The van der Waals surface area contributed by atoms with Crippen LogP contribution in [0.5, 0.6) is 17.2 Å². The molecule has 168 valence electrons. The average molecular weight is 452 g/mol. The van der Waals surface area contributed by atoms with Gasteiger partial charge in [0, 0.05) is 10.9 Å². The fraction of sp³-hybridized carbons (Fsp3) is 0.280. The lowest BCUT2D eigenvalue weighted by atomic mass is 10.0. The molecule has 6 nitrogen and oxygen atoms in total. The van der Waals surface area contributed by atoms with Gasteiger partial charge < -0.3 is 14.2 Å². The van der Waals surface area contributed by atoms with Gasteiger partial charge in [-0.1, -0.05) is 18.2 Å². The molecule has 7 heteroatoms. The molecule has 0 saturated heterocycles. The van der Waals surface area contributed by atoms with Crippen LogP contribution in [-0.4, -0.2) is 38.3 Å². The summed E-state index contributed by atoms with van der Waals surface area (Å²) in [5, 5.41) is 6.97. The van der Waals surface area contributed by atoms with E-state index in [1.165, 1.54) is 22.5 Å². The second kappa shape index (κ2) is 10.3. The van der Waals surface area contributed by atoms with E-state index in [0.717, 1.165) is 27.3 Å². The number of nitrogens with zero attached hydrogens (tertiary/aromatic N) is 3. The third-order valence-electron chi connectivity index (χ3n) is 5.18. The average Bonchev–Trinajstić information content (AvgIpc) is 3.20. The first-order valence-electron chi connectivity index (χ1n) is 10.2. The summed E-state index contributed by atoms with van der Waals surface area (Å²) < 4.78 is 18.4. The van der Waals surface area contributed by atoms with Crippen LogP contribution in [0.1, 0.15) is 23.6 Å². The van der Waals surface area contributed by atoms with Crippen molar-refractivity contribution >= 4 is 17.0 Å². The Balaban J connectivity index is 2.22. The molecule has 1 aromatic heterocycles. The Bertz CT molecular complexity index is 1200. The van der Waals surface area contributed by atoms with Crippen LogP contribution in [-0.2, 0) is 0 Å². The summed E-state index contributed by atoms with van der Waals surface area (Å²) in [5.74, 6) is 1.71. The molecular weight excluding hydrogens is 422 g/mol. The minimum atomic E-state index is 0.507. The number of thiazole rings is 1. The Hall–Kier alpha value is -3.32. The van der Waals surface area contributed by atoms with Crippen LogP contribution in [0, 0.1) is 13.8 Å². The molecule has 2 aromatic carbocycles. The molecule has 1 heterocycles. The Kier molecular flexibility index (Phi) is 7.53. The van der Waals surface area contributed by atoms with Gasteiger partial charge in [-0.2, -0.15) is 5.10 Å². The second-order valence-corrected chi connectivity index (χ2v) is 8.08. The maximum atomic E-state index is 5.54. The van der Waals surface area contributed by atoms with Crippen LogP contribution >= 0.6 is 11.3 Å². The quantitative estimate of drug-likeness (QED) is 0.349. The van der Waals surface area contributed by atoms with Crippen molar-refractivity contribution in [2.45, 2.75) is 20.8 Å². The minimum absolute atomic E-state index is 0.507. The fourth-order valence-corrected chi connectivity index (χ4v) is 4.09. The summed E-state index contributed by atoms with van der Waals surface area (Å²) in [6.07, 6.45) is 1.77. The SMILES string of the molecule is C=CCN=c1scc(-c2cc(OC)c(OC)c(OC)c2)n1N=C(C)c1ccc(C)c(C)c1. The molecule has 0 N–H and O–H groups in total. The number of rotatable bonds is 8. The van der Waals surface area contributed by atoms with Gasteiger partial charge in [0.2, 0.25) is 10.6 Å². The van der Waals surface area contributed by atoms with Crippen molar-refractivity contribution in [3.8, 4) is 28.5 Å². The molecule has 0 saturated carbocycles. The minimum Gasteiger partial charge on any atom is -0.493 e. The number of methoxy groups -OCH3 is 3. The molecule has 0 fully saturated rings. The molecule has 3 aromatic rings. The van der Waals surface area contributed by atoms with Gasteiger partial charge >= 0.3 is 0 Å². The van der Waals surface area contributed by atoms with E-state index in [4.69, 9.17) is 19.3 Å². The van der Waals surface area contributed by atoms with Crippen LogP contribution < -0.4 is 19.0 Å². The zero-order valence-electron chi connectivity index (χ0n) is 19.4. The molecule has 0 aliphatic rings. The van der Waals surface area contributed by atoms with Crippen molar-refractivity contribution in [3.63, 3.8) is 0 Å². The summed E-state index contributed by atoms with van der Waals surface area (Å²) >= 11 is 1.52. The molecule has 0 unspecified atom stereocenters. The molecule has 0 radical (unpaired) electrons. The van der Waals surface area contributed by atoms with Crippen LogP contribution in [0.15, 0.2) is 58.5 Å². The normalized spacial score (nSPS) is 12.1. The summed E-state index contributed by atoms with van der Waals surface area (Å²) in [6.45, 7) is 10.5. The van der Waals surface area contributed by atoms with Gasteiger partial charge in [0.25, 0.3) is 0 Å². The van der Waals surface area contributed by atoms with Crippen LogP contribution in [0.25, 0.3) is 11.3 Å². The lowest BCUT2D eigenvalue weighted by Crippen LogP contribution is -2.14. The van der Waals surface area contributed by atoms with Crippen LogP contribution in [0.2, 0.25) is 0 Å². The number of benzene rings is 2. The highest BCUT2D eigenvalue weighted by atomic mass is 32.1. The van der Waals surface area contributed by atoms with Gasteiger partial charge in [-0.25, -0.2) is 4.68 Å². The topological polar surface area (TPSA) is 57.3 Å². The number of aryl methyl sites for hydroxylation is 2. The van der Waals surface area contributed by atoms with Crippen molar-refractivity contribution < 1.29 is 14.2 Å². The highest BCUT2D eigenvalue weighted by Crippen LogP contribution is 2.41.